The van der Waals surface area contributed by atoms with Gasteiger partial charge < -0.3 is 20.3 Å². The number of hydrogen-bond acceptors (Lipinski definition) is 8. The molecular formula is C19H20ClN5O3S. The van der Waals surface area contributed by atoms with Gasteiger partial charge in [0.25, 0.3) is 0 Å². The number of anilines is 1. The molecule has 0 saturated carbocycles. The average Bonchev–Trinajstić information content (AvgIpc) is 3.40. The number of nitrogens with zero attached hydrogens (tertiary/aromatic N) is 4. The van der Waals surface area contributed by atoms with Gasteiger partial charge in [0.1, 0.15) is 17.2 Å². The molecule has 2 aromatic heterocycles. The second kappa shape index (κ2) is 7.32. The lowest BCUT2D eigenvalue weighted by molar-refractivity contribution is 0.0313. The number of nitrogens with one attached hydrogen (secondary N) is 1. The Bertz CT molecular complexity index is 1080. The molecule has 3 heterocycles. The molecule has 0 bridgehead atoms. The van der Waals surface area contributed by atoms with Gasteiger partial charge in [-0.05, 0) is 47.7 Å². The monoisotopic (exact) mass is 433 g/mol. The predicted octanol–water partition coefficient (Wildman–Crippen LogP) is 2.55. The van der Waals surface area contributed by atoms with Gasteiger partial charge in [-0.25, -0.2) is 4.98 Å². The number of rotatable bonds is 4. The Morgan fingerprint density at radius 3 is 2.93 bits per heavy atom. The van der Waals surface area contributed by atoms with Gasteiger partial charge >= 0.3 is 0 Å². The van der Waals surface area contributed by atoms with Crippen molar-refractivity contribution in [3.8, 4) is 5.75 Å². The Morgan fingerprint density at radius 2 is 2.17 bits per heavy atom. The maximum absolute atomic E-state index is 10.3. The number of ether oxygens (including phenoxy) is 1. The summed E-state index contributed by atoms with van der Waals surface area (Å²) in [6, 6.07) is 6.18. The van der Waals surface area contributed by atoms with E-state index in [1.165, 1.54) is 22.9 Å². The van der Waals surface area contributed by atoms with E-state index in [2.05, 4.69) is 26.3 Å². The van der Waals surface area contributed by atoms with Gasteiger partial charge in [-0.1, -0.05) is 6.07 Å². The maximum Gasteiger partial charge on any atom is 0.226 e. The van der Waals surface area contributed by atoms with E-state index in [0.29, 0.717) is 22.7 Å². The smallest absolute Gasteiger partial charge is 0.226 e. The highest BCUT2D eigenvalue weighted by Crippen LogP contribution is 2.40. The van der Waals surface area contributed by atoms with Gasteiger partial charge in [0.15, 0.2) is 17.0 Å². The van der Waals surface area contributed by atoms with Crippen LogP contribution in [0.3, 0.4) is 0 Å². The number of aliphatic hydroxyl groups is 2. The van der Waals surface area contributed by atoms with Crippen LogP contribution in [0, 0.1) is 0 Å². The van der Waals surface area contributed by atoms with E-state index < -0.39 is 12.2 Å². The number of hydrogen-bond donors (Lipinski definition) is 3. The molecule has 1 aliphatic heterocycles. The summed E-state index contributed by atoms with van der Waals surface area (Å²) in [4.78, 5) is 13.2. The van der Waals surface area contributed by atoms with Crippen molar-refractivity contribution in [2.24, 2.45) is 0 Å². The second-order valence-corrected chi connectivity index (χ2v) is 8.74. The Hall–Kier alpha value is -2.07. The van der Waals surface area contributed by atoms with Crippen molar-refractivity contribution in [2.75, 3.05) is 18.2 Å². The zero-order valence-corrected chi connectivity index (χ0v) is 17.2. The van der Waals surface area contributed by atoms with Crippen LogP contribution in [0.5, 0.6) is 5.75 Å². The summed E-state index contributed by atoms with van der Waals surface area (Å²) in [6.45, 7) is 0. The van der Waals surface area contributed by atoms with E-state index in [1.54, 1.807) is 18.0 Å². The third-order valence-corrected chi connectivity index (χ3v) is 7.08. The van der Waals surface area contributed by atoms with Crippen molar-refractivity contribution in [3.63, 3.8) is 0 Å². The summed E-state index contributed by atoms with van der Waals surface area (Å²) in [7, 11) is 1.66. The molecule has 5 rings (SSSR count). The third-order valence-electron chi connectivity index (χ3n) is 5.53. The van der Waals surface area contributed by atoms with Crippen LogP contribution in [0.15, 0.2) is 24.5 Å². The largest absolute Gasteiger partial charge is 0.497 e. The molecule has 0 radical (unpaired) electrons. The van der Waals surface area contributed by atoms with Crippen LogP contribution in [0.4, 0.5) is 5.82 Å². The fourth-order valence-electron chi connectivity index (χ4n) is 4.03. The number of benzene rings is 1. The minimum atomic E-state index is -0.892. The minimum absolute atomic E-state index is 0.0627. The Labute approximate surface area is 176 Å². The van der Waals surface area contributed by atoms with Gasteiger partial charge in [-0.2, -0.15) is 9.97 Å². The summed E-state index contributed by atoms with van der Waals surface area (Å²) in [5.41, 5.74) is 3.57. The van der Waals surface area contributed by atoms with E-state index in [9.17, 15) is 10.2 Å². The van der Waals surface area contributed by atoms with Gasteiger partial charge in [0.05, 0.1) is 25.6 Å². The van der Waals surface area contributed by atoms with Crippen molar-refractivity contribution in [2.45, 2.75) is 36.5 Å². The fourth-order valence-corrected chi connectivity index (χ4v) is 5.48. The third kappa shape index (κ3) is 3.22. The van der Waals surface area contributed by atoms with Gasteiger partial charge in [0, 0.05) is 5.75 Å². The van der Waals surface area contributed by atoms with E-state index in [1.807, 2.05) is 12.1 Å². The molecule has 1 fully saturated rings. The number of aromatic nitrogens is 4. The van der Waals surface area contributed by atoms with E-state index >= 15 is 0 Å². The molecule has 29 heavy (non-hydrogen) atoms. The predicted molar refractivity (Wildman–Crippen MR) is 112 cm³/mol. The minimum Gasteiger partial charge on any atom is -0.497 e. The zero-order chi connectivity index (χ0) is 20.1. The number of imidazole rings is 1. The summed E-state index contributed by atoms with van der Waals surface area (Å²) in [6.07, 6.45) is 1.84. The Balaban J connectivity index is 1.51. The highest BCUT2D eigenvalue weighted by molar-refractivity contribution is 7.99. The van der Waals surface area contributed by atoms with Crippen LogP contribution in [0.1, 0.15) is 29.0 Å². The van der Waals surface area contributed by atoms with E-state index in [4.69, 9.17) is 16.3 Å². The first-order valence-corrected chi connectivity index (χ1v) is 10.8. The molecule has 2 aliphatic rings. The number of aryl methyl sites for hydroxylation is 1. The van der Waals surface area contributed by atoms with Crippen molar-refractivity contribution in [1.29, 1.82) is 0 Å². The molecule has 8 nitrogen and oxygen atoms in total. The van der Waals surface area contributed by atoms with Crippen LogP contribution in [-0.4, -0.2) is 54.8 Å². The Kier molecular flexibility index (Phi) is 4.78. The van der Waals surface area contributed by atoms with Gasteiger partial charge in [-0.15, -0.1) is 11.8 Å². The molecule has 1 saturated heterocycles. The first-order valence-electron chi connectivity index (χ1n) is 9.36. The molecule has 10 heteroatoms. The zero-order valence-electron chi connectivity index (χ0n) is 15.6. The van der Waals surface area contributed by atoms with Crippen molar-refractivity contribution < 1.29 is 14.9 Å². The lowest BCUT2D eigenvalue weighted by Gasteiger charge is -2.18. The van der Waals surface area contributed by atoms with E-state index in [0.717, 1.165) is 18.6 Å². The summed E-state index contributed by atoms with van der Waals surface area (Å²) in [5, 5.41) is 23.4. The van der Waals surface area contributed by atoms with E-state index in [-0.39, 0.29) is 16.7 Å². The number of thioether (sulfide) groups is 1. The number of halogens is 1. The maximum atomic E-state index is 10.3. The molecule has 152 valence electrons. The molecule has 0 spiro atoms. The van der Waals surface area contributed by atoms with Crippen LogP contribution in [-0.2, 0) is 6.42 Å². The average molecular weight is 434 g/mol. The molecule has 0 unspecified atom stereocenters. The van der Waals surface area contributed by atoms with Gasteiger partial charge in [-0.3, -0.25) is 4.57 Å². The van der Waals surface area contributed by atoms with Crippen LogP contribution >= 0.6 is 23.4 Å². The van der Waals surface area contributed by atoms with Gasteiger partial charge in [0.2, 0.25) is 5.28 Å². The molecule has 3 N–H and O–H groups in total. The summed E-state index contributed by atoms with van der Waals surface area (Å²) >= 11 is 7.67. The highest BCUT2D eigenvalue weighted by Gasteiger charge is 2.37. The fraction of sp³-hybridized carbons (Fsp3) is 0.421. The molecule has 1 aromatic carbocycles. The molecule has 1 aliphatic carbocycles. The van der Waals surface area contributed by atoms with Crippen molar-refractivity contribution in [3.05, 3.63) is 40.9 Å². The molecule has 3 aromatic rings. The second-order valence-electron chi connectivity index (χ2n) is 7.25. The quantitative estimate of drug-likeness (QED) is 0.539. The number of aliphatic hydroxyl groups excluding tert-OH is 2. The molecule has 0 amide bonds. The van der Waals surface area contributed by atoms with Crippen molar-refractivity contribution >= 4 is 40.3 Å². The van der Waals surface area contributed by atoms with Crippen LogP contribution < -0.4 is 10.1 Å². The standard InChI is InChI=1S/C19H20ClN5O3S/c1-28-10-4-2-9-3-5-12(11(9)6-10)22-16-14-17(24-19(20)23-16)25(8-21-14)18-15(27)13(26)7-29-18/h2,4,6,8,12-13,15,18,26-27H,3,5,7H2,1H3,(H,22,23,24)/t12-,13-,15-,18-/m1/s1. The normalized spacial score (nSPS) is 26.1. The summed E-state index contributed by atoms with van der Waals surface area (Å²) in [5.74, 6) is 1.83. The van der Waals surface area contributed by atoms with Crippen LogP contribution in [0.25, 0.3) is 11.2 Å². The Morgan fingerprint density at radius 1 is 1.31 bits per heavy atom. The first kappa shape index (κ1) is 18.9. The topological polar surface area (TPSA) is 105 Å². The number of methoxy groups -OCH3 is 1. The van der Waals surface area contributed by atoms with Crippen LogP contribution in [0.2, 0.25) is 5.28 Å². The number of fused-ring (bicyclic) bond motifs is 2. The molecule has 4 atom stereocenters. The lowest BCUT2D eigenvalue weighted by Crippen LogP contribution is -2.27. The highest BCUT2D eigenvalue weighted by atomic mass is 35.5. The van der Waals surface area contributed by atoms with Crippen molar-refractivity contribution in [1.82, 2.24) is 19.5 Å². The first-order chi connectivity index (χ1) is 14.0. The SMILES string of the molecule is COc1ccc2c(c1)[C@H](Nc1nc(Cl)nc3c1ncn3[C@@H]1SC[C@@H](O)[C@H]1O)CC2. The lowest BCUT2D eigenvalue weighted by atomic mass is 10.1. The summed E-state index contributed by atoms with van der Waals surface area (Å²) < 4.78 is 7.12. The molecular weight excluding hydrogens is 414 g/mol.